The fourth-order valence-corrected chi connectivity index (χ4v) is 4.35. The van der Waals surface area contributed by atoms with Gasteiger partial charge in [0.2, 0.25) is 5.91 Å². The van der Waals surface area contributed by atoms with Gasteiger partial charge >= 0.3 is 0 Å². The van der Waals surface area contributed by atoms with E-state index in [0.29, 0.717) is 0 Å². The average Bonchev–Trinajstić information content (AvgIpc) is 2.80. The van der Waals surface area contributed by atoms with Gasteiger partial charge < -0.3 is 69.9 Å². The Kier molecular flexibility index (Phi) is 9.42. The van der Waals surface area contributed by atoms with Crippen molar-refractivity contribution in [1.29, 1.82) is 0 Å². The molecule has 0 unspecified atom stereocenters. The van der Waals surface area contributed by atoms with Crippen LogP contribution >= 0.6 is 0 Å². The van der Waals surface area contributed by atoms with Gasteiger partial charge in [-0.2, -0.15) is 0 Å². The number of hydrogen-bond acceptors (Lipinski definition) is 14. The van der Waals surface area contributed by atoms with Crippen LogP contribution in [0.3, 0.4) is 0 Å². The van der Waals surface area contributed by atoms with E-state index in [1.807, 2.05) is 0 Å². The van der Waals surface area contributed by atoms with E-state index in [1.165, 1.54) is 13.8 Å². The highest BCUT2D eigenvalue weighted by Gasteiger charge is 2.52. The summed E-state index contributed by atoms with van der Waals surface area (Å²) in [5, 5.41) is 84.3. The van der Waals surface area contributed by atoms with Crippen molar-refractivity contribution in [2.45, 2.75) is 113 Å². The Bertz CT molecular complexity index is 715. The van der Waals surface area contributed by atoms with E-state index in [-0.39, 0.29) is 0 Å². The molecule has 15 atom stereocenters. The van der Waals surface area contributed by atoms with E-state index < -0.39 is 105 Å². The van der Waals surface area contributed by atoms with Crippen molar-refractivity contribution in [3.63, 3.8) is 0 Å². The molecule has 0 aromatic heterocycles. The maximum Gasteiger partial charge on any atom is 0.217 e. The number of amides is 1. The molecule has 15 heteroatoms. The van der Waals surface area contributed by atoms with Crippen molar-refractivity contribution in [2.24, 2.45) is 0 Å². The lowest BCUT2D eigenvalue weighted by Crippen LogP contribution is -2.67. The molecule has 0 bridgehead atoms. The lowest BCUT2D eigenvalue weighted by Gasteiger charge is -2.48. The van der Waals surface area contributed by atoms with Crippen LogP contribution in [0.1, 0.15) is 20.8 Å². The minimum Gasteiger partial charge on any atom is -0.394 e. The molecule has 0 aliphatic carbocycles. The number of aliphatic hydroxyl groups excluding tert-OH is 8. The first-order valence-electron chi connectivity index (χ1n) is 11.3. The summed E-state index contributed by atoms with van der Waals surface area (Å²) in [4.78, 5) is 11.5. The summed E-state index contributed by atoms with van der Waals surface area (Å²) in [7, 11) is 0. The fraction of sp³-hybridized carbons (Fsp3) is 0.950. The predicted molar refractivity (Wildman–Crippen MR) is 110 cm³/mol. The molecule has 0 radical (unpaired) electrons. The smallest absolute Gasteiger partial charge is 0.217 e. The molecule has 35 heavy (non-hydrogen) atoms. The molecule has 3 saturated heterocycles. The summed E-state index contributed by atoms with van der Waals surface area (Å²) in [5.41, 5.74) is 0. The van der Waals surface area contributed by atoms with E-state index in [0.717, 1.165) is 6.92 Å². The molecule has 3 rings (SSSR count). The third kappa shape index (κ3) is 5.93. The monoisotopic (exact) mass is 513 g/mol. The first-order valence-corrected chi connectivity index (χ1v) is 11.3. The predicted octanol–water partition coefficient (Wildman–Crippen LogP) is -5.37. The van der Waals surface area contributed by atoms with Crippen LogP contribution in [0.5, 0.6) is 0 Å². The van der Waals surface area contributed by atoms with Crippen molar-refractivity contribution in [1.82, 2.24) is 5.32 Å². The zero-order valence-corrected chi connectivity index (χ0v) is 19.4. The largest absolute Gasteiger partial charge is 0.394 e. The minimum atomic E-state index is -1.74. The van der Waals surface area contributed by atoms with E-state index in [4.69, 9.17) is 23.7 Å². The molecule has 3 aliphatic heterocycles. The second kappa shape index (κ2) is 11.6. The first kappa shape index (κ1) is 28.5. The van der Waals surface area contributed by atoms with Gasteiger partial charge in [0.25, 0.3) is 0 Å². The minimum absolute atomic E-state index is 0.579. The van der Waals surface area contributed by atoms with Crippen molar-refractivity contribution >= 4 is 5.91 Å². The normalized spacial score (nSPS) is 51.1. The topological polar surface area (TPSA) is 237 Å². The van der Waals surface area contributed by atoms with Crippen molar-refractivity contribution in [3.8, 4) is 0 Å². The Morgan fingerprint density at radius 2 is 1.29 bits per heavy atom. The lowest BCUT2D eigenvalue weighted by atomic mass is 9.95. The number of rotatable bonds is 6. The van der Waals surface area contributed by atoms with Crippen LogP contribution in [0.2, 0.25) is 0 Å². The zero-order chi connectivity index (χ0) is 26.2. The number of nitrogens with one attached hydrogen (secondary N) is 1. The molecule has 3 fully saturated rings. The van der Waals surface area contributed by atoms with Gasteiger partial charge in [0.1, 0.15) is 61.0 Å². The van der Waals surface area contributed by atoms with E-state index in [2.05, 4.69) is 5.32 Å². The second-order valence-corrected chi connectivity index (χ2v) is 9.04. The van der Waals surface area contributed by atoms with Gasteiger partial charge in [-0.15, -0.1) is 0 Å². The molecule has 15 nitrogen and oxygen atoms in total. The SMILES string of the molecule is CC(=O)N[C@@H]1[C@@H](O)[C@H](O[C@H]2O[C@@H](C)[C@H](O)[C@@H](O[C@@H]3O[C@@H](C)[C@H](O)[C@@H](O)[C@H]3O)[C@H]2O)[C@@H](CO)O[C@H]1O. The van der Waals surface area contributed by atoms with Gasteiger partial charge in [-0.3, -0.25) is 4.79 Å². The summed E-state index contributed by atoms with van der Waals surface area (Å²) in [6.45, 7) is 3.32. The number of hydrogen-bond donors (Lipinski definition) is 9. The van der Waals surface area contributed by atoms with E-state index >= 15 is 0 Å². The van der Waals surface area contributed by atoms with Crippen LogP contribution in [-0.4, -0.2) is 145 Å². The molecular weight excluding hydrogens is 478 g/mol. The second-order valence-electron chi connectivity index (χ2n) is 9.04. The van der Waals surface area contributed by atoms with E-state index in [9.17, 15) is 45.6 Å². The lowest BCUT2D eigenvalue weighted by molar-refractivity contribution is -0.370. The number of ether oxygens (including phenoxy) is 5. The zero-order valence-electron chi connectivity index (χ0n) is 19.4. The van der Waals surface area contributed by atoms with Crippen LogP contribution in [0.25, 0.3) is 0 Å². The first-order chi connectivity index (χ1) is 16.4. The van der Waals surface area contributed by atoms with Crippen molar-refractivity contribution < 1.29 is 69.3 Å². The van der Waals surface area contributed by atoms with Crippen LogP contribution in [0.15, 0.2) is 0 Å². The van der Waals surface area contributed by atoms with E-state index in [1.54, 1.807) is 0 Å². The third-order valence-electron chi connectivity index (χ3n) is 6.41. The molecule has 3 aliphatic rings. The highest BCUT2D eigenvalue weighted by Crippen LogP contribution is 2.32. The Hall–Kier alpha value is -1.05. The molecule has 0 aromatic rings. The van der Waals surface area contributed by atoms with Crippen LogP contribution in [0.4, 0.5) is 0 Å². The Morgan fingerprint density at radius 1 is 0.743 bits per heavy atom. The van der Waals surface area contributed by atoms with Gasteiger partial charge in [0, 0.05) is 6.92 Å². The van der Waals surface area contributed by atoms with Crippen molar-refractivity contribution in [2.75, 3.05) is 6.61 Å². The van der Waals surface area contributed by atoms with Crippen LogP contribution in [-0.2, 0) is 28.5 Å². The molecule has 0 aromatic carbocycles. The Labute approximate surface area is 200 Å². The molecule has 204 valence electrons. The molecule has 0 spiro atoms. The number of aliphatic hydroxyl groups is 8. The highest BCUT2D eigenvalue weighted by molar-refractivity contribution is 5.73. The molecule has 9 N–H and O–H groups in total. The maximum absolute atomic E-state index is 11.5. The Morgan fingerprint density at radius 3 is 1.86 bits per heavy atom. The van der Waals surface area contributed by atoms with Gasteiger partial charge in [-0.25, -0.2) is 0 Å². The molecule has 3 heterocycles. The van der Waals surface area contributed by atoms with Gasteiger partial charge in [0.15, 0.2) is 18.9 Å². The van der Waals surface area contributed by atoms with Crippen LogP contribution < -0.4 is 5.32 Å². The third-order valence-corrected chi connectivity index (χ3v) is 6.41. The molecule has 1 amide bonds. The standard InChI is InChI=1S/C20H35NO14/c1-5-10(24)13(27)14(28)19(31-5)35-17-11(25)6(2)32-20(15(17)29)34-16-8(4-22)33-18(30)9(12(16)26)21-7(3)23/h5-6,8-20,22,24-30H,4H2,1-3H3,(H,21,23)/t5-,6-,8+,9+,10-,11-,12+,13+,14+,15+,16+,17+,18+,19-,20+/m0/s1. The molecular formula is C20H35NO14. The summed E-state index contributed by atoms with van der Waals surface area (Å²) < 4.78 is 27.4. The summed E-state index contributed by atoms with van der Waals surface area (Å²) in [6, 6.07) is -1.32. The average molecular weight is 513 g/mol. The summed E-state index contributed by atoms with van der Waals surface area (Å²) in [5.74, 6) is -0.579. The number of carbonyl (C=O) groups is 1. The molecule has 0 saturated carbocycles. The highest BCUT2D eigenvalue weighted by atomic mass is 16.7. The fourth-order valence-electron chi connectivity index (χ4n) is 4.35. The quantitative estimate of drug-likeness (QED) is 0.161. The van der Waals surface area contributed by atoms with Gasteiger partial charge in [0.05, 0.1) is 18.8 Å². The maximum atomic E-state index is 11.5. The van der Waals surface area contributed by atoms with Crippen LogP contribution in [0, 0.1) is 0 Å². The number of carbonyl (C=O) groups excluding carboxylic acids is 1. The van der Waals surface area contributed by atoms with Gasteiger partial charge in [-0.1, -0.05) is 0 Å². The summed E-state index contributed by atoms with van der Waals surface area (Å²) >= 11 is 0. The summed E-state index contributed by atoms with van der Waals surface area (Å²) in [6.07, 6.45) is -20.4. The van der Waals surface area contributed by atoms with Crippen molar-refractivity contribution in [3.05, 3.63) is 0 Å². The van der Waals surface area contributed by atoms with Gasteiger partial charge in [-0.05, 0) is 13.8 Å². The Balaban J connectivity index is 1.76.